The molecular weight excluding hydrogens is 208 g/mol. The van der Waals surface area contributed by atoms with E-state index in [0.717, 1.165) is 0 Å². The van der Waals surface area contributed by atoms with Crippen LogP contribution in [-0.2, 0) is 0 Å². The molecule has 0 spiro atoms. The average Bonchev–Trinajstić information content (AvgIpc) is 1.80. The Morgan fingerprint density at radius 2 is 1.36 bits per heavy atom. The Labute approximate surface area is 74.4 Å². The van der Waals surface area contributed by atoms with Crippen molar-refractivity contribution in [2.45, 2.75) is 0 Å². The maximum absolute atomic E-state index is 9.62. The van der Waals surface area contributed by atoms with E-state index in [9.17, 15) is 25.0 Å². The molecule has 0 rings (SSSR count). The summed E-state index contributed by atoms with van der Waals surface area (Å²) in [5, 5.41) is 29.5. The molecule has 0 saturated heterocycles. The Balaban J connectivity index is 0. The highest BCUT2D eigenvalue weighted by Gasteiger charge is 2.36. The van der Waals surface area contributed by atoms with Crippen LogP contribution in [0.25, 0.3) is 0 Å². The zero-order chi connectivity index (χ0) is 11.9. The van der Waals surface area contributed by atoms with Crippen LogP contribution >= 0.6 is 0 Å². The van der Waals surface area contributed by atoms with Gasteiger partial charge in [-0.15, -0.1) is 0 Å². The summed E-state index contributed by atoms with van der Waals surface area (Å²) < 4.78 is 0. The molecule has 0 atom stereocenters. The van der Waals surface area contributed by atoms with Gasteiger partial charge in [0.05, 0.1) is 0 Å². The van der Waals surface area contributed by atoms with Gasteiger partial charge in [0.2, 0.25) is 10.1 Å². The molecule has 0 aliphatic heterocycles. The van der Waals surface area contributed by atoms with Gasteiger partial charge < -0.3 is 15.9 Å². The molecule has 0 saturated carbocycles. The third kappa shape index (κ3) is 7.45. The summed E-state index contributed by atoms with van der Waals surface area (Å²) in [4.78, 5) is 37.4. The second-order valence-electron chi connectivity index (χ2n) is 1.39. The van der Waals surface area contributed by atoms with Crippen LogP contribution in [0.2, 0.25) is 0 Å². The molecule has 0 aromatic heterocycles. The molecule has 0 aliphatic rings. The zero-order valence-corrected chi connectivity index (χ0v) is 6.26. The van der Waals surface area contributed by atoms with E-state index in [1.165, 1.54) is 0 Å². The predicted molar refractivity (Wildman–Crippen MR) is 36.1 cm³/mol. The highest BCUT2D eigenvalue weighted by Crippen LogP contribution is 1.88. The van der Waals surface area contributed by atoms with Gasteiger partial charge in [-0.3, -0.25) is 0 Å². The molecule has 0 radical (unpaired) electrons. The second-order valence-corrected chi connectivity index (χ2v) is 1.39. The molecule has 0 heterocycles. The van der Waals surface area contributed by atoms with Gasteiger partial charge in [-0.2, -0.15) is 0 Å². The Morgan fingerprint density at radius 1 is 1.14 bits per heavy atom. The van der Waals surface area contributed by atoms with Crippen molar-refractivity contribution in [2.75, 3.05) is 0 Å². The van der Waals surface area contributed by atoms with Gasteiger partial charge in [-0.1, -0.05) is 0 Å². The molecule has 4 N–H and O–H groups in total. The lowest BCUT2D eigenvalue weighted by atomic mass is 11.2. The van der Waals surface area contributed by atoms with Crippen LogP contribution in [0.3, 0.4) is 0 Å². The van der Waals surface area contributed by atoms with E-state index in [-0.39, 0.29) is 0 Å². The zero-order valence-electron chi connectivity index (χ0n) is 6.26. The third-order valence-corrected chi connectivity index (χ3v) is 0.480. The van der Waals surface area contributed by atoms with Crippen LogP contribution in [0.15, 0.2) is 0 Å². The summed E-state index contributed by atoms with van der Waals surface area (Å²) in [5.74, 6) is 0. The SMILES string of the molecule is NC(=O)O.O=C(O)N([N+](=O)[O-])[N+](=O)[O-]. The van der Waals surface area contributed by atoms with Crippen LogP contribution in [0.5, 0.6) is 0 Å². The number of nitro groups is 2. The van der Waals surface area contributed by atoms with Crippen LogP contribution in [0.1, 0.15) is 0 Å². The van der Waals surface area contributed by atoms with Gasteiger partial charge in [-0.25, -0.2) is 29.8 Å². The van der Waals surface area contributed by atoms with Crippen LogP contribution in [0.4, 0.5) is 9.59 Å². The average molecular weight is 212 g/mol. The minimum absolute atomic E-state index is 1.14. The maximum Gasteiger partial charge on any atom is 0.539 e. The largest absolute Gasteiger partial charge is 0.539 e. The molecule has 0 fully saturated rings. The summed E-state index contributed by atoms with van der Waals surface area (Å²) >= 11 is 0. The molecule has 0 aliphatic carbocycles. The number of primary amides is 1. The molecular formula is C2H4N4O8. The monoisotopic (exact) mass is 212 g/mol. The van der Waals surface area contributed by atoms with Gasteiger partial charge >= 0.3 is 12.2 Å². The third-order valence-electron chi connectivity index (χ3n) is 0.480. The summed E-state index contributed by atoms with van der Waals surface area (Å²) in [7, 11) is 0. The molecule has 14 heavy (non-hydrogen) atoms. The van der Waals surface area contributed by atoms with Gasteiger partial charge in [0, 0.05) is 0 Å². The Bertz CT molecular complexity index is 223. The van der Waals surface area contributed by atoms with E-state index in [1.807, 2.05) is 0 Å². The molecule has 2 amide bonds. The van der Waals surface area contributed by atoms with Gasteiger partial charge in [0.25, 0.3) is 5.12 Å². The van der Waals surface area contributed by atoms with Crippen molar-refractivity contribution in [1.82, 2.24) is 5.12 Å². The minimum Gasteiger partial charge on any atom is -0.465 e. The standard InChI is InChI=1S/CHN3O6.CH3NO2/c5-1(6)2(3(7)8)4(9)10;2-1(3)4/h(H,5,6);2H2,(H,3,4). The minimum atomic E-state index is -2.24. The first-order valence-corrected chi connectivity index (χ1v) is 2.50. The molecule has 12 nitrogen and oxygen atoms in total. The van der Waals surface area contributed by atoms with Gasteiger partial charge in [-0.05, 0) is 0 Å². The van der Waals surface area contributed by atoms with Crippen molar-refractivity contribution in [2.24, 2.45) is 5.73 Å². The van der Waals surface area contributed by atoms with Gasteiger partial charge in [0.1, 0.15) is 0 Å². The lowest BCUT2D eigenvalue weighted by molar-refractivity contribution is -0.885. The molecule has 80 valence electrons. The van der Waals surface area contributed by atoms with Crippen molar-refractivity contribution in [3.63, 3.8) is 0 Å². The van der Waals surface area contributed by atoms with Crippen molar-refractivity contribution in [1.29, 1.82) is 0 Å². The normalized spacial score (nSPS) is 7.71. The first-order valence-electron chi connectivity index (χ1n) is 2.50. The number of rotatable bonds is 2. The molecule has 0 bridgehead atoms. The predicted octanol–water partition coefficient (Wildman–Crippen LogP) is -1.03. The molecule has 0 aromatic rings. The van der Waals surface area contributed by atoms with Crippen molar-refractivity contribution in [3.8, 4) is 0 Å². The fourth-order valence-electron chi connectivity index (χ4n) is 0.199. The van der Waals surface area contributed by atoms with E-state index in [1.54, 1.807) is 0 Å². The van der Waals surface area contributed by atoms with Crippen molar-refractivity contribution < 1.29 is 29.9 Å². The van der Waals surface area contributed by atoms with E-state index in [2.05, 4.69) is 5.73 Å². The number of nitrogens with zero attached hydrogens (tertiary/aromatic N) is 3. The number of hydrogen-bond acceptors (Lipinski definition) is 6. The summed E-state index contributed by atoms with van der Waals surface area (Å²) in [6, 6.07) is 0. The fourth-order valence-corrected chi connectivity index (χ4v) is 0.199. The smallest absolute Gasteiger partial charge is 0.465 e. The Morgan fingerprint density at radius 3 is 1.36 bits per heavy atom. The highest BCUT2D eigenvalue weighted by molar-refractivity contribution is 5.61. The summed E-state index contributed by atoms with van der Waals surface area (Å²) in [6.45, 7) is 0. The maximum atomic E-state index is 9.62. The number of nitrogens with two attached hydrogens (primary N) is 1. The molecule has 0 aromatic carbocycles. The lowest BCUT2D eigenvalue weighted by Crippen LogP contribution is -2.39. The number of carbonyl (C=O) groups is 2. The van der Waals surface area contributed by atoms with Crippen LogP contribution < -0.4 is 5.73 Å². The van der Waals surface area contributed by atoms with Crippen LogP contribution in [-0.4, -0.2) is 37.6 Å². The van der Waals surface area contributed by atoms with Crippen molar-refractivity contribution in [3.05, 3.63) is 20.2 Å². The number of hydrazine groups is 2. The Kier molecular flexibility index (Phi) is 5.88. The number of hydrogen-bond donors (Lipinski definition) is 3. The number of carboxylic acid groups (broad SMARTS) is 2. The van der Waals surface area contributed by atoms with E-state index < -0.39 is 27.4 Å². The van der Waals surface area contributed by atoms with Gasteiger partial charge in [0.15, 0.2) is 0 Å². The topological polar surface area (TPSA) is 190 Å². The lowest BCUT2D eigenvalue weighted by Gasteiger charge is -1.93. The summed E-state index contributed by atoms with van der Waals surface area (Å²) in [6.07, 6.45) is -3.57. The molecule has 12 heteroatoms. The highest BCUT2D eigenvalue weighted by atomic mass is 16.8. The quantitative estimate of drug-likeness (QED) is 0.382. The van der Waals surface area contributed by atoms with E-state index in [0.29, 0.717) is 0 Å². The van der Waals surface area contributed by atoms with Crippen molar-refractivity contribution >= 4 is 12.2 Å². The van der Waals surface area contributed by atoms with E-state index in [4.69, 9.17) is 15.0 Å². The number of amides is 2. The Hall–Kier alpha value is -2.66. The summed E-state index contributed by atoms with van der Waals surface area (Å²) in [5.41, 5.74) is 4.03. The molecule has 0 unspecified atom stereocenters. The first-order chi connectivity index (χ1) is 6.20. The fraction of sp³-hybridized carbons (Fsp3) is 0. The van der Waals surface area contributed by atoms with Crippen LogP contribution in [0, 0.1) is 20.2 Å². The van der Waals surface area contributed by atoms with E-state index >= 15 is 0 Å². The second kappa shape index (κ2) is 5.92. The first kappa shape index (κ1) is 13.9.